The molecule has 0 aliphatic heterocycles. The first kappa shape index (κ1) is 34.8. The van der Waals surface area contributed by atoms with Crippen molar-refractivity contribution < 1.29 is 50.2 Å². The quantitative estimate of drug-likeness (QED) is 0.245. The van der Waals surface area contributed by atoms with Gasteiger partial charge in [-0.15, -0.1) is 0 Å². The number of carbonyl (C=O) groups excluding carboxylic acids is 2. The Bertz CT molecular complexity index is 1870. The zero-order chi connectivity index (χ0) is 35.1. The monoisotopic (exact) mass is 691 g/mol. The van der Waals surface area contributed by atoms with Crippen LogP contribution in [-0.4, -0.2) is 69.0 Å². The minimum atomic E-state index is -5.64. The van der Waals surface area contributed by atoms with E-state index in [9.17, 15) is 41.1 Å². The number of hydrogen-bond donors (Lipinski definition) is 3. The van der Waals surface area contributed by atoms with Crippen molar-refractivity contribution >= 4 is 33.3 Å². The van der Waals surface area contributed by atoms with Crippen LogP contribution < -0.4 is 15.4 Å². The molecule has 0 aromatic heterocycles. The van der Waals surface area contributed by atoms with E-state index >= 15 is 4.39 Å². The lowest BCUT2D eigenvalue weighted by atomic mass is 9.83. The van der Waals surface area contributed by atoms with Gasteiger partial charge in [-0.05, 0) is 86.7 Å². The van der Waals surface area contributed by atoms with E-state index in [1.807, 2.05) is 0 Å². The summed E-state index contributed by atoms with van der Waals surface area (Å²) in [6.45, 7) is 0. The maximum absolute atomic E-state index is 15.4. The zero-order valence-electron chi connectivity index (χ0n) is 26.0. The van der Waals surface area contributed by atoms with Gasteiger partial charge in [-0.2, -0.15) is 13.2 Å². The number of aliphatic carboxylic acids is 1. The molecule has 3 aromatic rings. The maximum atomic E-state index is 15.4. The summed E-state index contributed by atoms with van der Waals surface area (Å²) in [6.07, 6.45) is 2.01. The predicted octanol–water partition coefficient (Wildman–Crippen LogP) is 5.27. The number of likely N-dealkylation sites (N-methyl/N-ethyl adjacent to an activating group) is 1. The van der Waals surface area contributed by atoms with Crippen LogP contribution in [0.15, 0.2) is 65.6 Å². The van der Waals surface area contributed by atoms with E-state index in [2.05, 4.69) is 10.6 Å². The summed E-state index contributed by atoms with van der Waals surface area (Å²) in [5.74, 6) is -4.16. The lowest BCUT2D eigenvalue weighted by Gasteiger charge is -2.31. The van der Waals surface area contributed by atoms with Crippen LogP contribution in [0.25, 0.3) is 11.1 Å². The van der Waals surface area contributed by atoms with E-state index in [-0.39, 0.29) is 34.4 Å². The zero-order valence-corrected chi connectivity index (χ0v) is 26.9. The van der Waals surface area contributed by atoms with Gasteiger partial charge in [0, 0.05) is 23.4 Å². The molecule has 3 N–H and O–H groups in total. The minimum Gasteiger partial charge on any atom is -0.496 e. The average Bonchev–Trinajstić information content (AvgIpc) is 3.62. The van der Waals surface area contributed by atoms with Gasteiger partial charge in [0.05, 0.1) is 23.5 Å². The van der Waals surface area contributed by atoms with Gasteiger partial charge in [0.25, 0.3) is 15.7 Å². The lowest BCUT2D eigenvalue weighted by molar-refractivity contribution is -0.142. The number of amides is 2. The average molecular weight is 692 g/mol. The molecule has 3 aromatic carbocycles. The van der Waals surface area contributed by atoms with Gasteiger partial charge in [-0.25, -0.2) is 12.8 Å². The van der Waals surface area contributed by atoms with Crippen LogP contribution in [0, 0.1) is 23.6 Å². The SMILES string of the molecule is COc1cc(F)c(-c2cccc(C(C(=O)O)N(C)C)c2)cc1C(=O)NC1C2CCC(C2)C1C(=O)Nc1cccc(S(=O)(=O)C(F)(F)F)c1. The molecule has 0 saturated heterocycles. The van der Waals surface area contributed by atoms with Crippen LogP contribution in [0.5, 0.6) is 5.75 Å². The third-order valence-electron chi connectivity index (χ3n) is 9.03. The molecule has 2 saturated carbocycles. The van der Waals surface area contributed by atoms with Crippen LogP contribution in [0.3, 0.4) is 0 Å². The fraction of sp³-hybridized carbons (Fsp3) is 0.364. The van der Waals surface area contributed by atoms with Crippen LogP contribution in [-0.2, 0) is 19.4 Å². The van der Waals surface area contributed by atoms with Gasteiger partial charge in [0.2, 0.25) is 5.91 Å². The number of carboxylic acid groups (broad SMARTS) is 1. The number of nitrogens with zero attached hydrogens (tertiary/aromatic N) is 1. The number of methoxy groups -OCH3 is 1. The molecule has 2 fully saturated rings. The summed E-state index contributed by atoms with van der Waals surface area (Å²) >= 11 is 0. The van der Waals surface area contributed by atoms with Crippen molar-refractivity contribution in [3.8, 4) is 16.9 Å². The first-order chi connectivity index (χ1) is 22.5. The second-order valence-corrected chi connectivity index (χ2v) is 14.1. The number of ether oxygens (including phenoxy) is 1. The van der Waals surface area contributed by atoms with E-state index in [1.165, 1.54) is 30.2 Å². The Kier molecular flexibility index (Phi) is 9.57. The van der Waals surface area contributed by atoms with Crippen molar-refractivity contribution in [3.63, 3.8) is 0 Å². The summed E-state index contributed by atoms with van der Waals surface area (Å²) in [4.78, 5) is 39.7. The lowest BCUT2D eigenvalue weighted by Crippen LogP contribution is -2.48. The van der Waals surface area contributed by atoms with Gasteiger partial charge < -0.3 is 20.5 Å². The molecule has 15 heteroatoms. The highest BCUT2D eigenvalue weighted by Gasteiger charge is 2.52. The third-order valence-corrected chi connectivity index (χ3v) is 10.5. The van der Waals surface area contributed by atoms with Gasteiger partial charge in [0.15, 0.2) is 0 Å². The molecule has 2 amide bonds. The Morgan fingerprint density at radius 3 is 2.33 bits per heavy atom. The topological polar surface area (TPSA) is 142 Å². The Morgan fingerprint density at radius 1 is 1.00 bits per heavy atom. The van der Waals surface area contributed by atoms with E-state index in [4.69, 9.17) is 4.74 Å². The summed E-state index contributed by atoms with van der Waals surface area (Å²) in [6, 6.07) is 10.8. The van der Waals surface area contributed by atoms with Crippen molar-refractivity contribution in [3.05, 3.63) is 77.6 Å². The second-order valence-electron chi connectivity index (χ2n) is 12.2. The van der Waals surface area contributed by atoms with Crippen molar-refractivity contribution in [1.82, 2.24) is 10.2 Å². The number of fused-ring (bicyclic) bond motifs is 2. The minimum absolute atomic E-state index is 0.0154. The molecular weight excluding hydrogens is 658 g/mol. The molecule has 2 aliphatic rings. The largest absolute Gasteiger partial charge is 0.501 e. The highest BCUT2D eigenvalue weighted by molar-refractivity contribution is 7.92. The summed E-state index contributed by atoms with van der Waals surface area (Å²) in [7, 11) is -1.18. The van der Waals surface area contributed by atoms with Crippen LogP contribution in [0.2, 0.25) is 0 Å². The number of sulfone groups is 1. The van der Waals surface area contributed by atoms with Gasteiger partial charge in [0.1, 0.15) is 17.6 Å². The molecule has 2 bridgehead atoms. The smallest absolute Gasteiger partial charge is 0.496 e. The number of alkyl halides is 3. The van der Waals surface area contributed by atoms with Gasteiger partial charge in [-0.3, -0.25) is 19.3 Å². The molecule has 5 rings (SSSR count). The molecule has 5 unspecified atom stereocenters. The fourth-order valence-electron chi connectivity index (χ4n) is 6.87. The molecule has 256 valence electrons. The van der Waals surface area contributed by atoms with Crippen molar-refractivity contribution in [2.24, 2.45) is 17.8 Å². The van der Waals surface area contributed by atoms with E-state index in [1.54, 1.807) is 32.3 Å². The number of anilines is 1. The number of carboxylic acids is 1. The molecule has 5 atom stereocenters. The molecule has 48 heavy (non-hydrogen) atoms. The number of halogens is 4. The van der Waals surface area contributed by atoms with Crippen molar-refractivity contribution in [2.75, 3.05) is 26.5 Å². The summed E-state index contributed by atoms with van der Waals surface area (Å²) < 4.78 is 83.8. The van der Waals surface area contributed by atoms with Crippen LogP contribution in [0.4, 0.5) is 23.2 Å². The van der Waals surface area contributed by atoms with E-state index in [0.717, 1.165) is 24.3 Å². The number of benzene rings is 3. The first-order valence-electron chi connectivity index (χ1n) is 14.9. The predicted molar refractivity (Wildman–Crippen MR) is 166 cm³/mol. The number of rotatable bonds is 10. The highest BCUT2D eigenvalue weighted by atomic mass is 32.2. The van der Waals surface area contributed by atoms with Crippen LogP contribution in [0.1, 0.15) is 41.2 Å². The fourth-order valence-corrected chi connectivity index (χ4v) is 7.67. The van der Waals surface area contributed by atoms with Crippen LogP contribution >= 0.6 is 0 Å². The molecule has 10 nitrogen and oxygen atoms in total. The van der Waals surface area contributed by atoms with Gasteiger partial charge in [-0.1, -0.05) is 24.3 Å². The van der Waals surface area contributed by atoms with Crippen molar-refractivity contribution in [1.29, 1.82) is 0 Å². The third kappa shape index (κ3) is 6.61. The Balaban J connectivity index is 1.41. The maximum Gasteiger partial charge on any atom is 0.501 e. The Hall–Kier alpha value is -4.50. The number of hydrogen-bond acceptors (Lipinski definition) is 7. The van der Waals surface area contributed by atoms with E-state index < -0.39 is 61.8 Å². The first-order valence-corrected chi connectivity index (χ1v) is 16.4. The summed E-state index contributed by atoms with van der Waals surface area (Å²) in [5.41, 5.74) is -4.97. The molecular formula is C33H33F4N3O7S. The number of nitrogens with one attached hydrogen (secondary N) is 2. The van der Waals surface area contributed by atoms with E-state index in [0.29, 0.717) is 30.4 Å². The molecule has 0 spiro atoms. The summed E-state index contributed by atoms with van der Waals surface area (Å²) in [5, 5.41) is 15.1. The molecule has 2 aliphatic carbocycles. The number of carbonyl (C=O) groups is 3. The molecule has 0 radical (unpaired) electrons. The second kappa shape index (κ2) is 13.2. The van der Waals surface area contributed by atoms with Crippen molar-refractivity contribution in [2.45, 2.75) is 41.7 Å². The standard InChI is InChI=1S/C33H33F4N3O7S/c1-40(2)29(32(43)44)20-7-4-6-17(12-20)23-15-24(26(47-3)16-25(23)34)30(41)39-28-19-11-10-18(13-19)27(28)31(42)38-21-8-5-9-22(14-21)48(45,46)33(35,36)37/h4-9,12,14-16,18-19,27-29H,10-11,13H2,1-3H3,(H,38,42)(H,39,41)(H,43,44). The molecule has 0 heterocycles. The highest BCUT2D eigenvalue weighted by Crippen LogP contribution is 2.49. The Labute approximate surface area is 274 Å². The van der Waals surface area contributed by atoms with Gasteiger partial charge >= 0.3 is 11.5 Å². The normalized spacial score (nSPS) is 21.2. The Morgan fingerprint density at radius 2 is 1.69 bits per heavy atom.